The van der Waals surface area contributed by atoms with Gasteiger partial charge < -0.3 is 4.74 Å². The highest BCUT2D eigenvalue weighted by atomic mass is 16.6. The second-order valence-electron chi connectivity index (χ2n) is 6.61. The fourth-order valence-corrected chi connectivity index (χ4v) is 3.63. The Kier molecular flexibility index (Phi) is 4.83. The molecule has 3 atom stereocenters. The van der Waals surface area contributed by atoms with Crippen molar-refractivity contribution in [2.45, 2.75) is 25.2 Å². The molecule has 1 aliphatic carbocycles. The van der Waals surface area contributed by atoms with Gasteiger partial charge in [-0.15, -0.1) is 0 Å². The molecule has 0 unspecified atom stereocenters. The third-order valence-corrected chi connectivity index (χ3v) is 5.06. The monoisotopic (exact) mass is 339 g/mol. The Labute approximate surface area is 146 Å². The SMILES string of the molecule is COc1ccc([C@@H](C[N+](=O)[O-])[C@@H]2C(=O)C[C@H]2c2ccc(C)cc2)cc1. The Morgan fingerprint density at radius 2 is 1.80 bits per heavy atom. The standard InChI is InChI=1S/C20H21NO4/c1-13-3-5-14(6-4-13)17-11-19(22)20(17)18(12-21(23)24)15-7-9-16(25-2)10-8-15/h3-10,17-18,20H,11-12H2,1-2H3/t17-,18+,20+/m0/s1. The third kappa shape index (κ3) is 3.55. The van der Waals surface area contributed by atoms with Crippen LogP contribution >= 0.6 is 0 Å². The molecule has 2 aromatic rings. The summed E-state index contributed by atoms with van der Waals surface area (Å²) in [6.07, 6.45) is 0.456. The van der Waals surface area contributed by atoms with Crippen molar-refractivity contribution in [2.24, 2.45) is 5.92 Å². The fourth-order valence-electron chi connectivity index (χ4n) is 3.63. The highest BCUT2D eigenvalue weighted by Gasteiger charge is 2.47. The van der Waals surface area contributed by atoms with Gasteiger partial charge in [0, 0.05) is 23.2 Å². The van der Waals surface area contributed by atoms with E-state index in [9.17, 15) is 14.9 Å². The van der Waals surface area contributed by atoms with Crippen LogP contribution in [0.4, 0.5) is 0 Å². The molecule has 2 aromatic carbocycles. The van der Waals surface area contributed by atoms with Crippen LogP contribution in [0.1, 0.15) is 34.9 Å². The van der Waals surface area contributed by atoms with Crippen LogP contribution in [0.25, 0.3) is 0 Å². The molecule has 5 heteroatoms. The molecular formula is C20H21NO4. The van der Waals surface area contributed by atoms with Crippen LogP contribution in [-0.2, 0) is 4.79 Å². The minimum atomic E-state index is -0.423. The number of hydrogen-bond donors (Lipinski definition) is 0. The lowest BCUT2D eigenvalue weighted by molar-refractivity contribution is -0.484. The predicted molar refractivity (Wildman–Crippen MR) is 94.6 cm³/mol. The van der Waals surface area contributed by atoms with Gasteiger partial charge >= 0.3 is 0 Å². The van der Waals surface area contributed by atoms with Gasteiger partial charge in [0.05, 0.1) is 13.0 Å². The Morgan fingerprint density at radius 3 is 2.32 bits per heavy atom. The van der Waals surface area contributed by atoms with E-state index in [2.05, 4.69) is 0 Å². The van der Waals surface area contributed by atoms with E-state index < -0.39 is 5.92 Å². The summed E-state index contributed by atoms with van der Waals surface area (Å²) in [5.41, 5.74) is 3.05. The molecule has 1 saturated carbocycles. The summed E-state index contributed by atoms with van der Waals surface area (Å²) >= 11 is 0. The summed E-state index contributed by atoms with van der Waals surface area (Å²) in [6.45, 7) is 1.77. The number of hydrogen-bond acceptors (Lipinski definition) is 4. The van der Waals surface area contributed by atoms with Crippen molar-refractivity contribution in [3.05, 3.63) is 75.3 Å². The molecule has 0 aromatic heterocycles. The van der Waals surface area contributed by atoms with Gasteiger partial charge in [0.1, 0.15) is 11.5 Å². The fraction of sp³-hybridized carbons (Fsp3) is 0.350. The molecule has 25 heavy (non-hydrogen) atoms. The van der Waals surface area contributed by atoms with Gasteiger partial charge in [0.2, 0.25) is 6.54 Å². The third-order valence-electron chi connectivity index (χ3n) is 5.06. The summed E-state index contributed by atoms with van der Waals surface area (Å²) < 4.78 is 5.15. The van der Waals surface area contributed by atoms with Gasteiger partial charge in [0.15, 0.2) is 0 Å². The lowest BCUT2D eigenvalue weighted by Gasteiger charge is -2.39. The van der Waals surface area contributed by atoms with E-state index in [1.807, 2.05) is 43.3 Å². The molecule has 130 valence electrons. The number of ketones is 1. The molecular weight excluding hydrogens is 318 g/mol. The number of aryl methyl sites for hydroxylation is 1. The normalized spacial score (nSPS) is 20.6. The zero-order valence-electron chi connectivity index (χ0n) is 14.3. The zero-order valence-corrected chi connectivity index (χ0v) is 14.3. The Balaban J connectivity index is 1.91. The minimum absolute atomic E-state index is 0.0418. The van der Waals surface area contributed by atoms with E-state index in [0.717, 1.165) is 16.7 Å². The topological polar surface area (TPSA) is 69.4 Å². The van der Waals surface area contributed by atoms with Crippen molar-refractivity contribution < 1.29 is 14.5 Å². The van der Waals surface area contributed by atoms with Crippen molar-refractivity contribution in [2.75, 3.05) is 13.7 Å². The quantitative estimate of drug-likeness (QED) is 0.594. The van der Waals surface area contributed by atoms with Gasteiger partial charge in [-0.2, -0.15) is 0 Å². The van der Waals surface area contributed by atoms with Gasteiger partial charge in [-0.1, -0.05) is 42.0 Å². The van der Waals surface area contributed by atoms with Crippen molar-refractivity contribution in [3.8, 4) is 5.75 Å². The van der Waals surface area contributed by atoms with E-state index in [-0.39, 0.29) is 29.1 Å². The van der Waals surface area contributed by atoms with E-state index >= 15 is 0 Å². The Morgan fingerprint density at radius 1 is 1.16 bits per heavy atom. The number of Topliss-reactive ketones (excluding diaryl/α,β-unsaturated/α-hetero) is 1. The second-order valence-corrected chi connectivity index (χ2v) is 6.61. The molecule has 0 bridgehead atoms. The Bertz CT molecular complexity index is 767. The Hall–Kier alpha value is -2.69. The number of nitrogens with zero attached hydrogens (tertiary/aromatic N) is 1. The lowest BCUT2D eigenvalue weighted by atomic mass is 9.62. The average molecular weight is 339 g/mol. The van der Waals surface area contributed by atoms with E-state index in [4.69, 9.17) is 4.74 Å². The highest BCUT2D eigenvalue weighted by Crippen LogP contribution is 2.47. The van der Waals surface area contributed by atoms with Crippen molar-refractivity contribution in [1.29, 1.82) is 0 Å². The number of methoxy groups -OCH3 is 1. The number of benzene rings is 2. The van der Waals surface area contributed by atoms with Crippen LogP contribution in [0.2, 0.25) is 0 Å². The van der Waals surface area contributed by atoms with Crippen molar-refractivity contribution in [1.82, 2.24) is 0 Å². The molecule has 0 radical (unpaired) electrons. The van der Waals surface area contributed by atoms with Crippen LogP contribution in [0.3, 0.4) is 0 Å². The van der Waals surface area contributed by atoms with Crippen LogP contribution in [0, 0.1) is 23.0 Å². The number of ether oxygens (including phenoxy) is 1. The molecule has 0 spiro atoms. The molecule has 1 aliphatic rings. The summed E-state index contributed by atoms with van der Waals surface area (Å²) in [5, 5.41) is 11.2. The van der Waals surface area contributed by atoms with Gasteiger partial charge in [-0.3, -0.25) is 14.9 Å². The van der Waals surface area contributed by atoms with Crippen LogP contribution in [0.5, 0.6) is 5.75 Å². The van der Waals surface area contributed by atoms with Gasteiger partial charge in [-0.05, 0) is 30.2 Å². The second kappa shape index (κ2) is 7.05. The first-order valence-corrected chi connectivity index (χ1v) is 8.34. The van der Waals surface area contributed by atoms with Crippen molar-refractivity contribution in [3.63, 3.8) is 0 Å². The van der Waals surface area contributed by atoms with Gasteiger partial charge in [-0.25, -0.2) is 0 Å². The maximum absolute atomic E-state index is 12.4. The number of carbonyl (C=O) groups excluding carboxylic acids is 1. The smallest absolute Gasteiger partial charge is 0.211 e. The first kappa shape index (κ1) is 17.1. The molecule has 5 nitrogen and oxygen atoms in total. The largest absolute Gasteiger partial charge is 0.497 e. The summed E-state index contributed by atoms with van der Waals surface area (Å²) in [6, 6.07) is 15.3. The molecule has 3 rings (SSSR count). The number of nitro groups is 1. The molecule has 0 amide bonds. The van der Waals surface area contributed by atoms with E-state index in [0.29, 0.717) is 12.2 Å². The van der Waals surface area contributed by atoms with Crippen LogP contribution in [-0.4, -0.2) is 24.4 Å². The van der Waals surface area contributed by atoms with Crippen LogP contribution < -0.4 is 4.74 Å². The first-order valence-electron chi connectivity index (χ1n) is 8.34. The van der Waals surface area contributed by atoms with Gasteiger partial charge in [0.25, 0.3) is 0 Å². The molecule has 0 heterocycles. The number of rotatable bonds is 6. The lowest BCUT2D eigenvalue weighted by Crippen LogP contribution is -2.41. The van der Waals surface area contributed by atoms with E-state index in [1.54, 1.807) is 19.2 Å². The maximum Gasteiger partial charge on any atom is 0.211 e. The predicted octanol–water partition coefficient (Wildman–Crippen LogP) is 3.74. The average Bonchev–Trinajstić information content (AvgIpc) is 2.59. The van der Waals surface area contributed by atoms with E-state index in [1.165, 1.54) is 0 Å². The summed E-state index contributed by atoms with van der Waals surface area (Å²) in [7, 11) is 1.58. The minimum Gasteiger partial charge on any atom is -0.497 e. The molecule has 0 N–H and O–H groups in total. The molecule has 1 fully saturated rings. The van der Waals surface area contributed by atoms with Crippen LogP contribution in [0.15, 0.2) is 48.5 Å². The summed E-state index contributed by atoms with van der Waals surface area (Å²) in [5.74, 6) is 0.0713. The molecule has 0 aliphatic heterocycles. The summed E-state index contributed by atoms with van der Waals surface area (Å²) in [4.78, 5) is 23.2. The number of carbonyl (C=O) groups is 1. The highest BCUT2D eigenvalue weighted by molar-refractivity contribution is 5.90. The maximum atomic E-state index is 12.4. The zero-order chi connectivity index (χ0) is 18.0. The molecule has 0 saturated heterocycles. The first-order chi connectivity index (χ1) is 12.0. The van der Waals surface area contributed by atoms with Crippen molar-refractivity contribution >= 4 is 5.78 Å².